The topological polar surface area (TPSA) is 57.7 Å². The second kappa shape index (κ2) is 4.89. The molecule has 2 heterocycles. The monoisotopic (exact) mass is 205 g/mol. The first-order valence-corrected chi connectivity index (χ1v) is 5.40. The fraction of sp³-hybridized carbons (Fsp3) is 0.700. The molecule has 0 amide bonds. The Bertz CT molecular complexity index is 345. The molecule has 1 saturated heterocycles. The van der Waals surface area contributed by atoms with Gasteiger partial charge in [-0.2, -0.15) is 5.26 Å². The summed E-state index contributed by atoms with van der Waals surface area (Å²) in [4.78, 5) is 6.34. The second-order valence-electron chi connectivity index (χ2n) is 3.85. The molecule has 1 fully saturated rings. The third-order valence-electron chi connectivity index (χ3n) is 2.70. The molecule has 80 valence electrons. The molecule has 0 unspecified atom stereocenters. The van der Waals surface area contributed by atoms with Crippen molar-refractivity contribution in [2.24, 2.45) is 0 Å². The lowest BCUT2D eigenvalue weighted by Crippen LogP contribution is -2.21. The predicted molar refractivity (Wildman–Crippen MR) is 55.0 cm³/mol. The van der Waals surface area contributed by atoms with Crippen molar-refractivity contribution < 1.29 is 0 Å². The largest absolute Gasteiger partial charge is 0.303 e. The molecule has 1 aromatic rings. The van der Waals surface area contributed by atoms with Crippen molar-refractivity contribution in [3.63, 3.8) is 0 Å². The van der Waals surface area contributed by atoms with Crippen LogP contribution < -0.4 is 0 Å². The zero-order valence-corrected chi connectivity index (χ0v) is 8.76. The average Bonchev–Trinajstić information content (AvgIpc) is 2.88. The van der Waals surface area contributed by atoms with Gasteiger partial charge >= 0.3 is 0 Å². The van der Waals surface area contributed by atoms with Gasteiger partial charge in [-0.25, -0.2) is 4.98 Å². The van der Waals surface area contributed by atoms with Crippen LogP contribution in [0.15, 0.2) is 6.33 Å². The van der Waals surface area contributed by atoms with Crippen LogP contribution in [0.3, 0.4) is 0 Å². The average molecular weight is 205 g/mol. The minimum Gasteiger partial charge on any atom is -0.303 e. The maximum Gasteiger partial charge on any atom is 0.252 e. The van der Waals surface area contributed by atoms with E-state index in [1.807, 2.05) is 6.07 Å². The summed E-state index contributed by atoms with van der Waals surface area (Å²) in [6.45, 7) is 4.45. The third-order valence-corrected chi connectivity index (χ3v) is 2.70. The normalized spacial score (nSPS) is 16.7. The Morgan fingerprint density at radius 1 is 1.33 bits per heavy atom. The lowest BCUT2D eigenvalue weighted by molar-refractivity contribution is 0.322. The number of likely N-dealkylation sites (tertiary alicyclic amines) is 1. The van der Waals surface area contributed by atoms with E-state index in [1.54, 1.807) is 11.0 Å². The van der Waals surface area contributed by atoms with Crippen LogP contribution in [0.5, 0.6) is 0 Å². The van der Waals surface area contributed by atoms with Crippen molar-refractivity contribution in [3.8, 4) is 6.07 Å². The van der Waals surface area contributed by atoms with Gasteiger partial charge in [0.2, 0.25) is 0 Å². The predicted octanol–water partition coefficient (Wildman–Crippen LogP) is 0.636. The van der Waals surface area contributed by atoms with Crippen LogP contribution in [0.4, 0.5) is 0 Å². The van der Waals surface area contributed by atoms with Gasteiger partial charge < -0.3 is 4.90 Å². The quantitative estimate of drug-likeness (QED) is 0.723. The molecule has 2 rings (SSSR count). The van der Waals surface area contributed by atoms with Gasteiger partial charge in [-0.1, -0.05) is 0 Å². The molecule has 1 aliphatic rings. The molecular formula is C10H15N5. The number of nitrogens with zero attached hydrogens (tertiary/aromatic N) is 5. The van der Waals surface area contributed by atoms with Crippen LogP contribution >= 0.6 is 0 Å². The highest BCUT2D eigenvalue weighted by Crippen LogP contribution is 2.07. The van der Waals surface area contributed by atoms with E-state index in [2.05, 4.69) is 15.0 Å². The first kappa shape index (κ1) is 10.1. The molecular weight excluding hydrogens is 190 g/mol. The highest BCUT2D eigenvalue weighted by molar-refractivity contribution is 5.05. The van der Waals surface area contributed by atoms with E-state index in [9.17, 15) is 0 Å². The van der Waals surface area contributed by atoms with Crippen molar-refractivity contribution in [1.82, 2.24) is 19.7 Å². The number of aryl methyl sites for hydroxylation is 1. The lowest BCUT2D eigenvalue weighted by Gasteiger charge is -2.13. The number of rotatable bonds is 4. The molecule has 0 N–H and O–H groups in total. The molecule has 0 atom stereocenters. The van der Waals surface area contributed by atoms with Crippen LogP contribution in [-0.2, 0) is 6.54 Å². The Kier molecular flexibility index (Phi) is 3.30. The van der Waals surface area contributed by atoms with Gasteiger partial charge in [0.1, 0.15) is 12.4 Å². The summed E-state index contributed by atoms with van der Waals surface area (Å²) < 4.78 is 1.74. The Morgan fingerprint density at radius 3 is 2.80 bits per heavy atom. The highest BCUT2D eigenvalue weighted by Gasteiger charge is 2.10. The van der Waals surface area contributed by atoms with Crippen LogP contribution in [0.1, 0.15) is 25.1 Å². The minimum absolute atomic E-state index is 0.260. The van der Waals surface area contributed by atoms with Crippen molar-refractivity contribution in [2.45, 2.75) is 25.8 Å². The third kappa shape index (κ3) is 2.77. The molecule has 0 saturated carbocycles. The van der Waals surface area contributed by atoms with E-state index in [0.29, 0.717) is 0 Å². The fourth-order valence-corrected chi connectivity index (χ4v) is 1.92. The number of hydrogen-bond donors (Lipinski definition) is 0. The molecule has 5 heteroatoms. The minimum atomic E-state index is 0.260. The van der Waals surface area contributed by atoms with Crippen LogP contribution in [0, 0.1) is 11.3 Å². The molecule has 0 bridgehead atoms. The maximum absolute atomic E-state index is 8.55. The SMILES string of the molecule is N#Cc1ncn(CCCN2CCCC2)n1. The number of nitriles is 1. The van der Waals surface area contributed by atoms with Gasteiger partial charge in [0, 0.05) is 6.54 Å². The lowest BCUT2D eigenvalue weighted by atomic mass is 10.4. The summed E-state index contributed by atoms with van der Waals surface area (Å²) in [6.07, 6.45) is 5.38. The summed E-state index contributed by atoms with van der Waals surface area (Å²) >= 11 is 0. The zero-order valence-electron chi connectivity index (χ0n) is 8.76. The first-order valence-electron chi connectivity index (χ1n) is 5.40. The molecule has 1 aromatic heterocycles. The van der Waals surface area contributed by atoms with E-state index in [0.717, 1.165) is 19.5 Å². The van der Waals surface area contributed by atoms with Crippen molar-refractivity contribution >= 4 is 0 Å². The molecule has 0 aromatic carbocycles. The second-order valence-corrected chi connectivity index (χ2v) is 3.85. The molecule has 5 nitrogen and oxygen atoms in total. The van der Waals surface area contributed by atoms with Crippen molar-refractivity contribution in [2.75, 3.05) is 19.6 Å². The molecule has 0 aliphatic carbocycles. The van der Waals surface area contributed by atoms with Crippen LogP contribution in [0.25, 0.3) is 0 Å². The van der Waals surface area contributed by atoms with E-state index in [1.165, 1.54) is 25.9 Å². The summed E-state index contributed by atoms with van der Waals surface area (Å²) in [6, 6.07) is 1.93. The van der Waals surface area contributed by atoms with Crippen molar-refractivity contribution in [1.29, 1.82) is 5.26 Å². The Morgan fingerprint density at radius 2 is 2.13 bits per heavy atom. The van der Waals surface area contributed by atoms with Crippen molar-refractivity contribution in [3.05, 3.63) is 12.2 Å². The smallest absolute Gasteiger partial charge is 0.252 e. The van der Waals surface area contributed by atoms with E-state index in [4.69, 9.17) is 5.26 Å². The standard InChI is InChI=1S/C10H15N5/c11-8-10-12-9-15(13-10)7-3-6-14-4-1-2-5-14/h9H,1-7H2. The van der Waals surface area contributed by atoms with Crippen LogP contribution in [0.2, 0.25) is 0 Å². The number of aromatic nitrogens is 3. The van der Waals surface area contributed by atoms with Gasteiger partial charge in [-0.15, -0.1) is 5.10 Å². The Hall–Kier alpha value is -1.41. The summed E-state index contributed by atoms with van der Waals surface area (Å²) in [5, 5.41) is 12.6. The van der Waals surface area contributed by atoms with Gasteiger partial charge in [-0.3, -0.25) is 4.68 Å². The summed E-state index contributed by atoms with van der Waals surface area (Å²) in [5.41, 5.74) is 0. The van der Waals surface area contributed by atoms with Gasteiger partial charge in [0.25, 0.3) is 5.82 Å². The maximum atomic E-state index is 8.55. The number of hydrogen-bond acceptors (Lipinski definition) is 4. The molecule has 0 spiro atoms. The highest BCUT2D eigenvalue weighted by atomic mass is 15.3. The molecule has 0 radical (unpaired) electrons. The van der Waals surface area contributed by atoms with E-state index < -0.39 is 0 Å². The van der Waals surface area contributed by atoms with Gasteiger partial charge in [0.15, 0.2) is 0 Å². The fourth-order valence-electron chi connectivity index (χ4n) is 1.92. The van der Waals surface area contributed by atoms with E-state index >= 15 is 0 Å². The van der Waals surface area contributed by atoms with Gasteiger partial charge in [-0.05, 0) is 38.9 Å². The molecule has 15 heavy (non-hydrogen) atoms. The van der Waals surface area contributed by atoms with Crippen LogP contribution in [-0.4, -0.2) is 39.3 Å². The first-order chi connectivity index (χ1) is 7.38. The Labute approximate surface area is 89.3 Å². The summed E-state index contributed by atoms with van der Waals surface area (Å²) in [7, 11) is 0. The zero-order chi connectivity index (χ0) is 10.5. The molecule has 1 aliphatic heterocycles. The van der Waals surface area contributed by atoms with Gasteiger partial charge in [0.05, 0.1) is 0 Å². The Balaban J connectivity index is 1.71. The van der Waals surface area contributed by atoms with E-state index in [-0.39, 0.29) is 5.82 Å². The summed E-state index contributed by atoms with van der Waals surface area (Å²) in [5.74, 6) is 0.260.